The fourth-order valence-corrected chi connectivity index (χ4v) is 3.87. The zero-order valence-corrected chi connectivity index (χ0v) is 17.3. The summed E-state index contributed by atoms with van der Waals surface area (Å²) in [4.78, 5) is 24.5. The highest BCUT2D eigenvalue weighted by atomic mass is 79.9. The number of likely N-dealkylation sites (N-methyl/N-ethyl adjacent to an activating group) is 1. The van der Waals surface area contributed by atoms with Crippen LogP contribution in [0.5, 0.6) is 5.75 Å². The molecule has 1 aliphatic rings. The van der Waals surface area contributed by atoms with E-state index in [1.807, 2.05) is 12.1 Å². The third-order valence-corrected chi connectivity index (χ3v) is 5.76. The summed E-state index contributed by atoms with van der Waals surface area (Å²) in [6, 6.07) is 11.7. The van der Waals surface area contributed by atoms with Crippen molar-refractivity contribution < 1.29 is 14.5 Å². The second-order valence-corrected chi connectivity index (χ2v) is 8.23. The first-order valence-electron chi connectivity index (χ1n) is 7.72. The van der Waals surface area contributed by atoms with Gasteiger partial charge in [-0.3, -0.25) is 19.8 Å². The van der Waals surface area contributed by atoms with E-state index in [1.165, 1.54) is 28.8 Å². The van der Waals surface area contributed by atoms with Crippen molar-refractivity contribution in [3.63, 3.8) is 0 Å². The van der Waals surface area contributed by atoms with Crippen molar-refractivity contribution in [1.82, 2.24) is 4.90 Å². The van der Waals surface area contributed by atoms with Gasteiger partial charge in [-0.25, -0.2) is 0 Å². The fraction of sp³-hybridized carbons (Fsp3) is 0.111. The molecule has 2 aromatic carbocycles. The van der Waals surface area contributed by atoms with E-state index in [0.29, 0.717) is 15.0 Å². The molecule has 0 N–H and O–H groups in total. The van der Waals surface area contributed by atoms with Crippen LogP contribution in [0.3, 0.4) is 0 Å². The molecule has 2 aromatic rings. The van der Waals surface area contributed by atoms with Crippen LogP contribution in [0, 0.1) is 10.1 Å². The van der Waals surface area contributed by atoms with E-state index in [4.69, 9.17) is 17.0 Å². The van der Waals surface area contributed by atoms with Crippen LogP contribution in [0.2, 0.25) is 0 Å². The summed E-state index contributed by atoms with van der Waals surface area (Å²) in [6.45, 7) is 0.245. The minimum Gasteiger partial charge on any atom is -0.488 e. The molecule has 6 nitrogen and oxygen atoms in total. The Labute approximate surface area is 173 Å². The Balaban J connectivity index is 1.81. The van der Waals surface area contributed by atoms with Gasteiger partial charge in [0.05, 0.1) is 9.83 Å². The minimum absolute atomic E-state index is 0.0321. The van der Waals surface area contributed by atoms with Gasteiger partial charge in [0.25, 0.3) is 11.6 Å². The summed E-state index contributed by atoms with van der Waals surface area (Å²) in [5, 5.41) is 10.7. The number of hydrogen-bond acceptors (Lipinski definition) is 6. The summed E-state index contributed by atoms with van der Waals surface area (Å²) in [6.07, 6.45) is 1.75. The molecule has 0 aromatic heterocycles. The smallest absolute Gasteiger partial charge is 0.269 e. The molecule has 0 radical (unpaired) electrons. The van der Waals surface area contributed by atoms with Gasteiger partial charge in [-0.2, -0.15) is 0 Å². The molecule has 27 heavy (non-hydrogen) atoms. The number of nitrogens with zero attached hydrogens (tertiary/aromatic N) is 2. The average Bonchev–Trinajstić information content (AvgIpc) is 2.88. The lowest BCUT2D eigenvalue weighted by atomic mass is 10.1. The number of benzene rings is 2. The lowest BCUT2D eigenvalue weighted by Gasteiger charge is -2.10. The van der Waals surface area contributed by atoms with E-state index in [1.54, 1.807) is 31.3 Å². The predicted molar refractivity (Wildman–Crippen MR) is 113 cm³/mol. The van der Waals surface area contributed by atoms with Gasteiger partial charge < -0.3 is 4.74 Å². The maximum absolute atomic E-state index is 12.2. The molecule has 0 spiro atoms. The number of amides is 1. The molecule has 1 aliphatic heterocycles. The van der Waals surface area contributed by atoms with Crippen LogP contribution in [0.1, 0.15) is 11.1 Å². The van der Waals surface area contributed by atoms with Gasteiger partial charge in [0.2, 0.25) is 0 Å². The maximum Gasteiger partial charge on any atom is 0.269 e. The molecule has 0 bridgehead atoms. The van der Waals surface area contributed by atoms with Crippen molar-refractivity contribution in [2.45, 2.75) is 6.61 Å². The van der Waals surface area contributed by atoms with Crippen LogP contribution in [-0.4, -0.2) is 27.1 Å². The van der Waals surface area contributed by atoms with E-state index in [-0.39, 0.29) is 18.2 Å². The van der Waals surface area contributed by atoms with Gasteiger partial charge >= 0.3 is 0 Å². The second kappa shape index (κ2) is 8.20. The summed E-state index contributed by atoms with van der Waals surface area (Å²) in [5.41, 5.74) is 1.57. The Morgan fingerprint density at radius 3 is 2.59 bits per heavy atom. The standard InChI is InChI=1S/C18H13BrN2O4S2/c1-20-17(22)16(27-18(20)26)9-12-8-13(19)4-7-15(12)25-10-11-2-5-14(6-3-11)21(23)24/h2-9H,10H2,1H3/b16-9+. The van der Waals surface area contributed by atoms with Gasteiger partial charge in [-0.05, 0) is 42.0 Å². The fourth-order valence-electron chi connectivity index (χ4n) is 2.33. The van der Waals surface area contributed by atoms with Crippen molar-refractivity contribution in [3.05, 3.63) is 73.1 Å². The number of nitro benzene ring substituents is 1. The van der Waals surface area contributed by atoms with Crippen LogP contribution >= 0.6 is 39.9 Å². The van der Waals surface area contributed by atoms with Crippen LogP contribution < -0.4 is 4.74 Å². The summed E-state index contributed by atoms with van der Waals surface area (Å²) in [7, 11) is 1.64. The largest absolute Gasteiger partial charge is 0.488 e. The Bertz CT molecular complexity index is 960. The van der Waals surface area contributed by atoms with E-state index in [2.05, 4.69) is 15.9 Å². The monoisotopic (exact) mass is 464 g/mol. The summed E-state index contributed by atoms with van der Waals surface area (Å²) in [5.74, 6) is 0.448. The highest BCUT2D eigenvalue weighted by molar-refractivity contribution is 9.10. The van der Waals surface area contributed by atoms with E-state index < -0.39 is 4.92 Å². The van der Waals surface area contributed by atoms with Crippen LogP contribution in [0.4, 0.5) is 5.69 Å². The number of halogens is 1. The first kappa shape index (κ1) is 19.5. The van der Waals surface area contributed by atoms with Gasteiger partial charge in [-0.1, -0.05) is 39.9 Å². The molecular formula is C18H13BrN2O4S2. The lowest BCUT2D eigenvalue weighted by Crippen LogP contribution is -2.22. The molecule has 3 rings (SSSR count). The Hall–Kier alpha value is -2.23. The Morgan fingerprint density at radius 1 is 1.30 bits per heavy atom. The van der Waals surface area contributed by atoms with Gasteiger partial charge in [0.1, 0.15) is 16.7 Å². The van der Waals surface area contributed by atoms with Crippen LogP contribution in [-0.2, 0) is 11.4 Å². The summed E-state index contributed by atoms with van der Waals surface area (Å²) >= 11 is 9.82. The lowest BCUT2D eigenvalue weighted by molar-refractivity contribution is -0.384. The number of carbonyl (C=O) groups is 1. The normalized spacial score (nSPS) is 15.5. The Morgan fingerprint density at radius 2 is 2.00 bits per heavy atom. The Kier molecular flexibility index (Phi) is 5.93. The molecular weight excluding hydrogens is 452 g/mol. The molecule has 1 amide bonds. The van der Waals surface area contributed by atoms with Crippen LogP contribution in [0.15, 0.2) is 51.8 Å². The number of rotatable bonds is 5. The number of thiocarbonyl (C=S) groups is 1. The number of non-ortho nitro benzene ring substituents is 1. The zero-order valence-electron chi connectivity index (χ0n) is 14.0. The maximum atomic E-state index is 12.2. The predicted octanol–water partition coefficient (Wildman–Crippen LogP) is 4.77. The molecule has 138 valence electrons. The second-order valence-electron chi connectivity index (χ2n) is 5.64. The van der Waals surface area contributed by atoms with Crippen molar-refractivity contribution in [3.8, 4) is 5.75 Å². The number of ether oxygens (including phenoxy) is 1. The highest BCUT2D eigenvalue weighted by Crippen LogP contribution is 2.34. The minimum atomic E-state index is -0.443. The number of carbonyl (C=O) groups excluding carboxylic acids is 1. The molecule has 0 unspecified atom stereocenters. The third kappa shape index (κ3) is 4.55. The molecule has 1 saturated heterocycles. The SMILES string of the molecule is CN1C(=O)/C(=C\c2cc(Br)ccc2OCc2ccc([N+](=O)[O-])cc2)SC1=S. The van der Waals surface area contributed by atoms with Crippen molar-refractivity contribution in [1.29, 1.82) is 0 Å². The van der Waals surface area contributed by atoms with Crippen LogP contribution in [0.25, 0.3) is 6.08 Å². The van der Waals surface area contributed by atoms with Crippen molar-refractivity contribution in [2.75, 3.05) is 7.05 Å². The third-order valence-electron chi connectivity index (χ3n) is 3.79. The zero-order chi connectivity index (χ0) is 19.6. The molecule has 0 saturated carbocycles. The molecule has 1 heterocycles. The van der Waals surface area contributed by atoms with Crippen molar-refractivity contribution >= 4 is 61.9 Å². The number of nitro groups is 1. The average molecular weight is 465 g/mol. The quantitative estimate of drug-likeness (QED) is 0.274. The van der Waals surface area contributed by atoms with Gasteiger partial charge in [0, 0.05) is 29.2 Å². The first-order valence-corrected chi connectivity index (χ1v) is 9.74. The summed E-state index contributed by atoms with van der Waals surface area (Å²) < 4.78 is 7.23. The van der Waals surface area contributed by atoms with Crippen molar-refractivity contribution in [2.24, 2.45) is 0 Å². The number of thioether (sulfide) groups is 1. The molecule has 9 heteroatoms. The molecule has 0 atom stereocenters. The molecule has 1 fully saturated rings. The van der Waals surface area contributed by atoms with Gasteiger partial charge in [-0.15, -0.1) is 0 Å². The van der Waals surface area contributed by atoms with E-state index >= 15 is 0 Å². The number of hydrogen-bond donors (Lipinski definition) is 0. The highest BCUT2D eigenvalue weighted by Gasteiger charge is 2.29. The van der Waals surface area contributed by atoms with E-state index in [9.17, 15) is 14.9 Å². The first-order chi connectivity index (χ1) is 12.8. The topological polar surface area (TPSA) is 72.7 Å². The molecule has 0 aliphatic carbocycles. The van der Waals surface area contributed by atoms with E-state index in [0.717, 1.165) is 15.6 Å². The van der Waals surface area contributed by atoms with Gasteiger partial charge in [0.15, 0.2) is 0 Å².